The van der Waals surface area contributed by atoms with Crippen LogP contribution in [0.3, 0.4) is 0 Å². The smallest absolute Gasteiger partial charge is 0.218 e. The maximum Gasteiger partial charge on any atom is 0.218 e. The fourth-order valence-corrected chi connectivity index (χ4v) is 2.57. The fraction of sp³-hybridized carbons (Fsp3) is 0.933. The van der Waals surface area contributed by atoms with Gasteiger partial charge in [0.2, 0.25) is 5.91 Å². The summed E-state index contributed by atoms with van der Waals surface area (Å²) in [5.74, 6) is 1.90. The van der Waals surface area contributed by atoms with Crippen LogP contribution in [0.2, 0.25) is 0 Å². The molecular formula is C15H35NOS. The number of rotatable bonds is 12. The molecule has 0 aliphatic carbocycles. The second-order valence-corrected chi connectivity index (χ2v) is 5.53. The second-order valence-electron chi connectivity index (χ2n) is 4.30. The Morgan fingerprint density at radius 3 is 1.89 bits per heavy atom. The van der Waals surface area contributed by atoms with Gasteiger partial charge in [0.1, 0.15) is 0 Å². The third-order valence-corrected chi connectivity index (χ3v) is 3.71. The van der Waals surface area contributed by atoms with E-state index >= 15 is 0 Å². The summed E-state index contributed by atoms with van der Waals surface area (Å²) in [4.78, 5) is 10.5. The van der Waals surface area contributed by atoms with Gasteiger partial charge in [-0.2, -0.15) is 11.8 Å². The minimum Gasteiger partial charge on any atom is -0.370 e. The highest BCUT2D eigenvalue weighted by atomic mass is 32.2. The molecular weight excluding hydrogens is 242 g/mol. The number of unbranched alkanes of at least 4 members (excludes halogenated alkanes) is 7. The molecule has 0 aromatic rings. The van der Waals surface area contributed by atoms with Crippen molar-refractivity contribution in [1.29, 1.82) is 0 Å². The zero-order chi connectivity index (χ0) is 12.1. The van der Waals surface area contributed by atoms with Gasteiger partial charge in [-0.1, -0.05) is 66.7 Å². The number of primary amides is 1. The lowest BCUT2D eigenvalue weighted by atomic mass is 10.1. The molecule has 3 heteroatoms. The number of hydrogen-bond acceptors (Lipinski definition) is 2. The standard InChI is InChI=1S/C13H27NOS.2CH4/c1-2-3-4-5-6-7-8-9-11-16-12-10-13(14)15;;/h2-12H2,1H3,(H2,14,15);2*1H4. The molecule has 0 spiro atoms. The first-order chi connectivity index (χ1) is 7.77. The summed E-state index contributed by atoms with van der Waals surface area (Å²) in [6.45, 7) is 2.25. The van der Waals surface area contributed by atoms with Crippen LogP contribution in [-0.2, 0) is 4.79 Å². The molecule has 0 saturated carbocycles. The van der Waals surface area contributed by atoms with Gasteiger partial charge in [-0.25, -0.2) is 0 Å². The zero-order valence-corrected chi connectivity index (χ0v) is 11.5. The van der Waals surface area contributed by atoms with E-state index in [0.29, 0.717) is 6.42 Å². The Hall–Kier alpha value is -0.180. The van der Waals surface area contributed by atoms with Gasteiger partial charge in [0.15, 0.2) is 0 Å². The van der Waals surface area contributed by atoms with E-state index in [4.69, 9.17) is 5.73 Å². The average molecular weight is 278 g/mol. The Morgan fingerprint density at radius 2 is 1.39 bits per heavy atom. The number of carbonyl (C=O) groups is 1. The Kier molecular flexibility index (Phi) is 24.4. The molecule has 18 heavy (non-hydrogen) atoms. The van der Waals surface area contributed by atoms with Crippen LogP contribution in [0.4, 0.5) is 0 Å². The molecule has 0 unspecified atom stereocenters. The molecule has 0 aromatic heterocycles. The summed E-state index contributed by atoms with van der Waals surface area (Å²) in [6.07, 6.45) is 11.5. The van der Waals surface area contributed by atoms with Crippen LogP contribution in [0.5, 0.6) is 0 Å². The molecule has 1 amide bonds. The Balaban J connectivity index is -0.00000112. The van der Waals surface area contributed by atoms with Gasteiger partial charge in [-0.3, -0.25) is 4.79 Å². The minimum atomic E-state index is -0.177. The van der Waals surface area contributed by atoms with Crippen LogP contribution in [0, 0.1) is 0 Å². The quantitative estimate of drug-likeness (QED) is 0.510. The van der Waals surface area contributed by atoms with Crippen molar-refractivity contribution in [3.05, 3.63) is 0 Å². The Labute approximate surface area is 119 Å². The van der Waals surface area contributed by atoms with Crippen molar-refractivity contribution in [3.8, 4) is 0 Å². The number of amides is 1. The van der Waals surface area contributed by atoms with E-state index in [0.717, 1.165) is 5.75 Å². The van der Waals surface area contributed by atoms with Gasteiger partial charge in [0, 0.05) is 12.2 Å². The summed E-state index contributed by atoms with van der Waals surface area (Å²) < 4.78 is 0. The van der Waals surface area contributed by atoms with Crippen LogP contribution in [0.25, 0.3) is 0 Å². The van der Waals surface area contributed by atoms with E-state index in [-0.39, 0.29) is 20.8 Å². The second kappa shape index (κ2) is 19.2. The van der Waals surface area contributed by atoms with Gasteiger partial charge in [-0.05, 0) is 12.2 Å². The van der Waals surface area contributed by atoms with E-state index < -0.39 is 0 Å². The van der Waals surface area contributed by atoms with Crippen molar-refractivity contribution in [2.24, 2.45) is 5.73 Å². The van der Waals surface area contributed by atoms with E-state index in [1.807, 2.05) is 11.8 Å². The maximum atomic E-state index is 10.5. The van der Waals surface area contributed by atoms with E-state index in [1.54, 1.807) is 0 Å². The van der Waals surface area contributed by atoms with E-state index in [1.165, 1.54) is 57.1 Å². The number of carbonyl (C=O) groups excluding carboxylic acids is 1. The van der Waals surface area contributed by atoms with E-state index in [2.05, 4.69) is 6.92 Å². The first-order valence-corrected chi connectivity index (χ1v) is 7.79. The molecule has 0 saturated heterocycles. The van der Waals surface area contributed by atoms with Gasteiger partial charge in [-0.15, -0.1) is 0 Å². The highest BCUT2D eigenvalue weighted by Crippen LogP contribution is 2.11. The van der Waals surface area contributed by atoms with Crippen LogP contribution in [0.1, 0.15) is 79.6 Å². The van der Waals surface area contributed by atoms with Crippen molar-refractivity contribution in [2.45, 2.75) is 79.6 Å². The van der Waals surface area contributed by atoms with E-state index in [9.17, 15) is 4.79 Å². The first kappa shape index (κ1) is 23.0. The predicted octanol–water partition coefficient (Wildman–Crippen LogP) is 5.01. The summed E-state index contributed by atoms with van der Waals surface area (Å²) >= 11 is 1.85. The number of thioether (sulfide) groups is 1. The maximum absolute atomic E-state index is 10.5. The molecule has 0 bridgehead atoms. The lowest BCUT2D eigenvalue weighted by Gasteiger charge is -2.01. The fourth-order valence-electron chi connectivity index (χ4n) is 1.61. The van der Waals surface area contributed by atoms with Crippen molar-refractivity contribution in [3.63, 3.8) is 0 Å². The van der Waals surface area contributed by atoms with Crippen molar-refractivity contribution in [2.75, 3.05) is 11.5 Å². The molecule has 0 rings (SSSR count). The van der Waals surface area contributed by atoms with Crippen LogP contribution >= 0.6 is 11.8 Å². The summed E-state index contributed by atoms with van der Waals surface area (Å²) in [6, 6.07) is 0. The van der Waals surface area contributed by atoms with Crippen molar-refractivity contribution >= 4 is 17.7 Å². The van der Waals surface area contributed by atoms with Crippen LogP contribution in [-0.4, -0.2) is 17.4 Å². The third-order valence-electron chi connectivity index (χ3n) is 2.64. The summed E-state index contributed by atoms with van der Waals surface area (Å²) in [5, 5.41) is 0. The zero-order valence-electron chi connectivity index (χ0n) is 10.7. The average Bonchev–Trinajstić information content (AvgIpc) is 2.25. The molecule has 0 atom stereocenters. The molecule has 0 aliphatic rings. The Morgan fingerprint density at radius 1 is 0.889 bits per heavy atom. The van der Waals surface area contributed by atoms with Gasteiger partial charge >= 0.3 is 0 Å². The van der Waals surface area contributed by atoms with Crippen LogP contribution < -0.4 is 5.73 Å². The normalized spacial score (nSPS) is 9.39. The molecule has 0 aromatic carbocycles. The van der Waals surface area contributed by atoms with Gasteiger partial charge in [0.05, 0.1) is 0 Å². The highest BCUT2D eigenvalue weighted by Gasteiger charge is 1.95. The highest BCUT2D eigenvalue weighted by molar-refractivity contribution is 7.99. The monoisotopic (exact) mass is 277 g/mol. The lowest BCUT2D eigenvalue weighted by Crippen LogP contribution is -2.11. The lowest BCUT2D eigenvalue weighted by molar-refractivity contribution is -0.117. The van der Waals surface area contributed by atoms with Crippen LogP contribution in [0.15, 0.2) is 0 Å². The molecule has 0 radical (unpaired) electrons. The SMILES string of the molecule is C.C.CCCCCCCCCCSCCC(N)=O. The molecule has 0 fully saturated rings. The topological polar surface area (TPSA) is 43.1 Å². The Bertz CT molecular complexity index is 163. The number of hydrogen-bond donors (Lipinski definition) is 1. The largest absolute Gasteiger partial charge is 0.370 e. The first-order valence-electron chi connectivity index (χ1n) is 6.63. The third kappa shape index (κ3) is 21.1. The molecule has 2 nitrogen and oxygen atoms in total. The number of nitrogens with two attached hydrogens (primary N) is 1. The predicted molar refractivity (Wildman–Crippen MR) is 87.2 cm³/mol. The minimum absolute atomic E-state index is 0. The molecule has 2 N–H and O–H groups in total. The summed E-state index contributed by atoms with van der Waals surface area (Å²) in [5.41, 5.74) is 5.06. The van der Waals surface area contributed by atoms with Crippen molar-refractivity contribution < 1.29 is 4.79 Å². The molecule has 112 valence electrons. The molecule has 0 heterocycles. The molecule has 0 aliphatic heterocycles. The van der Waals surface area contributed by atoms with Crippen molar-refractivity contribution in [1.82, 2.24) is 0 Å². The summed E-state index contributed by atoms with van der Waals surface area (Å²) in [7, 11) is 0. The van der Waals surface area contributed by atoms with Gasteiger partial charge < -0.3 is 5.73 Å². The van der Waals surface area contributed by atoms with Gasteiger partial charge in [0.25, 0.3) is 0 Å².